The maximum absolute atomic E-state index is 12.5. The van der Waals surface area contributed by atoms with Crippen LogP contribution in [0.3, 0.4) is 0 Å². The predicted molar refractivity (Wildman–Crippen MR) is 72.5 cm³/mol. The Morgan fingerprint density at radius 1 is 1.61 bits per heavy atom. The SMILES string of the molecule is CCCC1(C(=O)Nc2cccnc2C)CCCN1. The summed E-state index contributed by atoms with van der Waals surface area (Å²) in [5.74, 6) is 0.0814. The average molecular weight is 247 g/mol. The second kappa shape index (κ2) is 5.48. The molecular formula is C14H21N3O. The number of amides is 1. The van der Waals surface area contributed by atoms with Crippen LogP contribution in [0.1, 0.15) is 38.3 Å². The Labute approximate surface area is 108 Å². The van der Waals surface area contributed by atoms with Crippen LogP contribution < -0.4 is 10.6 Å². The van der Waals surface area contributed by atoms with Gasteiger partial charge < -0.3 is 10.6 Å². The van der Waals surface area contributed by atoms with Crippen LogP contribution in [0, 0.1) is 6.92 Å². The van der Waals surface area contributed by atoms with Crippen molar-refractivity contribution in [1.29, 1.82) is 0 Å². The summed E-state index contributed by atoms with van der Waals surface area (Å²) in [6.07, 6.45) is 5.62. The second-order valence-electron chi connectivity index (χ2n) is 4.95. The van der Waals surface area contributed by atoms with E-state index < -0.39 is 0 Å². The first-order valence-corrected chi connectivity index (χ1v) is 6.66. The van der Waals surface area contributed by atoms with Gasteiger partial charge in [0.25, 0.3) is 0 Å². The van der Waals surface area contributed by atoms with Crippen molar-refractivity contribution in [2.24, 2.45) is 0 Å². The molecule has 1 aliphatic heterocycles. The normalized spacial score (nSPS) is 23.0. The Morgan fingerprint density at radius 2 is 2.44 bits per heavy atom. The Hall–Kier alpha value is -1.42. The maximum atomic E-state index is 12.5. The number of aromatic nitrogens is 1. The number of carbonyl (C=O) groups is 1. The third-order valence-electron chi connectivity index (χ3n) is 3.61. The number of carbonyl (C=O) groups excluding carboxylic acids is 1. The lowest BCUT2D eigenvalue weighted by Crippen LogP contribution is -2.50. The third kappa shape index (κ3) is 2.53. The molecule has 0 radical (unpaired) electrons. The first-order valence-electron chi connectivity index (χ1n) is 6.66. The van der Waals surface area contributed by atoms with E-state index in [-0.39, 0.29) is 11.4 Å². The summed E-state index contributed by atoms with van der Waals surface area (Å²) >= 11 is 0. The molecule has 0 saturated carbocycles. The molecule has 1 unspecified atom stereocenters. The topological polar surface area (TPSA) is 54.0 Å². The highest BCUT2D eigenvalue weighted by molar-refractivity contribution is 5.98. The zero-order valence-electron chi connectivity index (χ0n) is 11.1. The van der Waals surface area contributed by atoms with Crippen LogP contribution in [0.2, 0.25) is 0 Å². The fraction of sp³-hybridized carbons (Fsp3) is 0.571. The van der Waals surface area contributed by atoms with Gasteiger partial charge in [0.05, 0.1) is 16.9 Å². The van der Waals surface area contributed by atoms with E-state index in [0.29, 0.717) is 0 Å². The zero-order valence-corrected chi connectivity index (χ0v) is 11.1. The number of pyridine rings is 1. The summed E-state index contributed by atoms with van der Waals surface area (Å²) in [7, 11) is 0. The van der Waals surface area contributed by atoms with E-state index in [4.69, 9.17) is 0 Å². The van der Waals surface area contributed by atoms with Gasteiger partial charge in [-0.3, -0.25) is 9.78 Å². The quantitative estimate of drug-likeness (QED) is 0.858. The fourth-order valence-corrected chi connectivity index (χ4v) is 2.61. The maximum Gasteiger partial charge on any atom is 0.244 e. The van der Waals surface area contributed by atoms with Gasteiger partial charge in [0.1, 0.15) is 0 Å². The lowest BCUT2D eigenvalue weighted by Gasteiger charge is -2.28. The van der Waals surface area contributed by atoms with Crippen LogP contribution >= 0.6 is 0 Å². The van der Waals surface area contributed by atoms with E-state index in [1.807, 2.05) is 19.1 Å². The highest BCUT2D eigenvalue weighted by Crippen LogP contribution is 2.26. The lowest BCUT2D eigenvalue weighted by molar-refractivity contribution is -0.122. The Balaban J connectivity index is 2.13. The molecule has 2 heterocycles. The lowest BCUT2D eigenvalue weighted by atomic mass is 9.90. The molecule has 0 aromatic carbocycles. The van der Waals surface area contributed by atoms with Crippen molar-refractivity contribution in [3.63, 3.8) is 0 Å². The van der Waals surface area contributed by atoms with Crippen molar-refractivity contribution in [2.75, 3.05) is 11.9 Å². The van der Waals surface area contributed by atoms with Gasteiger partial charge in [0, 0.05) is 6.20 Å². The standard InChI is InChI=1S/C14H21N3O/c1-3-7-14(8-5-10-16-14)13(18)17-12-6-4-9-15-11(12)2/h4,6,9,16H,3,5,7-8,10H2,1-2H3,(H,17,18). The smallest absolute Gasteiger partial charge is 0.244 e. The second-order valence-corrected chi connectivity index (χ2v) is 4.95. The number of hydrogen-bond acceptors (Lipinski definition) is 3. The van der Waals surface area contributed by atoms with Gasteiger partial charge in [-0.05, 0) is 44.9 Å². The van der Waals surface area contributed by atoms with Crippen molar-refractivity contribution in [1.82, 2.24) is 10.3 Å². The number of nitrogens with zero attached hydrogens (tertiary/aromatic N) is 1. The first kappa shape index (κ1) is 13.0. The van der Waals surface area contributed by atoms with Crippen LogP contribution in [0.5, 0.6) is 0 Å². The number of anilines is 1. The van der Waals surface area contributed by atoms with Crippen molar-refractivity contribution in [2.45, 2.75) is 45.1 Å². The van der Waals surface area contributed by atoms with Crippen LogP contribution in [-0.2, 0) is 4.79 Å². The minimum absolute atomic E-state index is 0.0814. The van der Waals surface area contributed by atoms with Crippen LogP contribution in [0.25, 0.3) is 0 Å². The summed E-state index contributed by atoms with van der Waals surface area (Å²) in [5.41, 5.74) is 1.29. The number of nitrogens with one attached hydrogen (secondary N) is 2. The Morgan fingerprint density at radius 3 is 3.06 bits per heavy atom. The third-order valence-corrected chi connectivity index (χ3v) is 3.61. The Kier molecular flexibility index (Phi) is 3.97. The number of aryl methyl sites for hydroxylation is 1. The van der Waals surface area contributed by atoms with Crippen molar-refractivity contribution in [3.8, 4) is 0 Å². The fourth-order valence-electron chi connectivity index (χ4n) is 2.61. The minimum atomic E-state index is -0.378. The molecule has 0 spiro atoms. The molecule has 4 heteroatoms. The molecule has 18 heavy (non-hydrogen) atoms. The van der Waals surface area contributed by atoms with Gasteiger partial charge in [0.2, 0.25) is 5.91 Å². The van der Waals surface area contributed by atoms with E-state index in [2.05, 4.69) is 22.5 Å². The van der Waals surface area contributed by atoms with Gasteiger partial charge in [-0.25, -0.2) is 0 Å². The molecule has 1 aliphatic rings. The van der Waals surface area contributed by atoms with Gasteiger partial charge in [0.15, 0.2) is 0 Å². The molecule has 1 aromatic heterocycles. The minimum Gasteiger partial charge on any atom is -0.323 e. The van der Waals surface area contributed by atoms with Gasteiger partial charge in [-0.2, -0.15) is 0 Å². The van der Waals surface area contributed by atoms with Crippen LogP contribution in [0.15, 0.2) is 18.3 Å². The molecule has 1 amide bonds. The summed E-state index contributed by atoms with van der Waals surface area (Å²) < 4.78 is 0. The predicted octanol–water partition coefficient (Wildman–Crippen LogP) is 2.25. The largest absolute Gasteiger partial charge is 0.323 e. The van der Waals surface area contributed by atoms with E-state index in [1.54, 1.807) is 6.20 Å². The number of hydrogen-bond donors (Lipinski definition) is 2. The number of rotatable bonds is 4. The molecule has 1 saturated heterocycles. The summed E-state index contributed by atoms with van der Waals surface area (Å²) in [6, 6.07) is 3.74. The first-order chi connectivity index (χ1) is 8.68. The zero-order chi connectivity index (χ0) is 13.0. The van der Waals surface area contributed by atoms with Crippen LogP contribution in [-0.4, -0.2) is 23.0 Å². The van der Waals surface area contributed by atoms with Gasteiger partial charge >= 0.3 is 0 Å². The molecule has 0 bridgehead atoms. The highest BCUT2D eigenvalue weighted by atomic mass is 16.2. The molecule has 1 aromatic rings. The van der Waals surface area contributed by atoms with Crippen LogP contribution in [0.4, 0.5) is 5.69 Å². The monoisotopic (exact) mass is 247 g/mol. The Bertz CT molecular complexity index is 425. The van der Waals surface area contributed by atoms with E-state index >= 15 is 0 Å². The summed E-state index contributed by atoms with van der Waals surface area (Å²) in [4.78, 5) is 16.7. The van der Waals surface area contributed by atoms with Crippen molar-refractivity contribution in [3.05, 3.63) is 24.0 Å². The van der Waals surface area contributed by atoms with Crippen molar-refractivity contribution < 1.29 is 4.79 Å². The van der Waals surface area contributed by atoms with Gasteiger partial charge in [-0.15, -0.1) is 0 Å². The van der Waals surface area contributed by atoms with E-state index in [1.165, 1.54) is 0 Å². The molecule has 1 fully saturated rings. The van der Waals surface area contributed by atoms with E-state index in [9.17, 15) is 4.79 Å². The molecule has 2 rings (SSSR count). The molecule has 1 atom stereocenters. The van der Waals surface area contributed by atoms with Crippen molar-refractivity contribution >= 4 is 11.6 Å². The summed E-state index contributed by atoms with van der Waals surface area (Å²) in [6.45, 7) is 4.95. The highest BCUT2D eigenvalue weighted by Gasteiger charge is 2.39. The molecule has 4 nitrogen and oxygen atoms in total. The summed E-state index contributed by atoms with van der Waals surface area (Å²) in [5, 5.41) is 6.39. The molecule has 98 valence electrons. The molecular weight excluding hydrogens is 226 g/mol. The van der Waals surface area contributed by atoms with Gasteiger partial charge in [-0.1, -0.05) is 13.3 Å². The molecule has 2 N–H and O–H groups in total. The van der Waals surface area contributed by atoms with E-state index in [0.717, 1.165) is 43.6 Å². The molecule has 0 aliphatic carbocycles. The average Bonchev–Trinajstić information content (AvgIpc) is 2.82.